The van der Waals surface area contributed by atoms with Crippen molar-refractivity contribution in [3.63, 3.8) is 0 Å². The standard InChI is InChI=1S/C11H16O3S.Na.H/c1-2-3-7-10-14-15(12,13)11-8-5-4-6-9-11;;/h4-6,8-9H,2-3,7,10H2,1H3;;/q;+1;-1. The van der Waals surface area contributed by atoms with Crippen molar-refractivity contribution in [3.05, 3.63) is 30.3 Å². The van der Waals surface area contributed by atoms with Crippen LogP contribution in [0.25, 0.3) is 0 Å². The average molecular weight is 252 g/mol. The number of hydrogen-bond acceptors (Lipinski definition) is 3. The summed E-state index contributed by atoms with van der Waals surface area (Å²) in [6.45, 7) is 2.33. The average Bonchev–Trinajstić information content (AvgIpc) is 2.26. The Kier molecular flexibility index (Phi) is 8.32. The van der Waals surface area contributed by atoms with E-state index < -0.39 is 10.1 Å². The first-order valence-corrected chi connectivity index (χ1v) is 6.52. The van der Waals surface area contributed by atoms with Crippen LogP contribution in [0.1, 0.15) is 27.6 Å². The fraction of sp³-hybridized carbons (Fsp3) is 0.455. The van der Waals surface area contributed by atoms with Gasteiger partial charge in [0.1, 0.15) is 0 Å². The van der Waals surface area contributed by atoms with Gasteiger partial charge in [-0.05, 0) is 18.6 Å². The van der Waals surface area contributed by atoms with Crippen molar-refractivity contribution < 1.29 is 43.6 Å². The van der Waals surface area contributed by atoms with Gasteiger partial charge in [0.05, 0.1) is 11.5 Å². The van der Waals surface area contributed by atoms with Crippen LogP contribution >= 0.6 is 0 Å². The molecule has 0 saturated heterocycles. The Hall–Kier alpha value is 0.130. The van der Waals surface area contributed by atoms with Gasteiger partial charge in [0.25, 0.3) is 10.1 Å². The summed E-state index contributed by atoms with van der Waals surface area (Å²) in [6.07, 6.45) is 2.82. The largest absolute Gasteiger partial charge is 1.00 e. The summed E-state index contributed by atoms with van der Waals surface area (Å²) in [4.78, 5) is 0.224. The van der Waals surface area contributed by atoms with Gasteiger partial charge in [-0.25, -0.2) is 0 Å². The third kappa shape index (κ3) is 5.46. The normalized spacial score (nSPS) is 10.8. The Bertz CT molecular complexity index is 381. The second-order valence-electron chi connectivity index (χ2n) is 3.30. The molecule has 1 aromatic carbocycles. The van der Waals surface area contributed by atoms with E-state index in [9.17, 15) is 8.42 Å². The quantitative estimate of drug-likeness (QED) is 0.396. The fourth-order valence-corrected chi connectivity index (χ4v) is 2.14. The molecule has 86 valence electrons. The van der Waals surface area contributed by atoms with Crippen LogP contribution in [0, 0.1) is 0 Å². The SMILES string of the molecule is CCCCCOS(=O)(=O)c1ccccc1.[H-].[Na+]. The first-order valence-electron chi connectivity index (χ1n) is 5.11. The minimum Gasteiger partial charge on any atom is -1.00 e. The van der Waals surface area contributed by atoms with E-state index in [2.05, 4.69) is 6.92 Å². The van der Waals surface area contributed by atoms with Crippen molar-refractivity contribution in [1.82, 2.24) is 0 Å². The van der Waals surface area contributed by atoms with E-state index in [-0.39, 0.29) is 42.5 Å². The first-order chi connectivity index (χ1) is 7.17. The predicted octanol–water partition coefficient (Wildman–Crippen LogP) is -0.301. The molecule has 0 saturated carbocycles. The van der Waals surface area contributed by atoms with Gasteiger partial charge in [0.15, 0.2) is 0 Å². The molecule has 0 aromatic heterocycles. The molecule has 0 aliphatic rings. The number of hydrogen-bond donors (Lipinski definition) is 0. The second kappa shape index (κ2) is 8.25. The number of rotatable bonds is 6. The summed E-state index contributed by atoms with van der Waals surface area (Å²) < 4.78 is 28.0. The Morgan fingerprint density at radius 2 is 1.81 bits per heavy atom. The maximum Gasteiger partial charge on any atom is 1.00 e. The van der Waals surface area contributed by atoms with Crippen LogP contribution in [-0.4, -0.2) is 15.0 Å². The van der Waals surface area contributed by atoms with Crippen LogP contribution in [0.15, 0.2) is 35.2 Å². The third-order valence-corrected chi connectivity index (χ3v) is 3.34. The van der Waals surface area contributed by atoms with E-state index in [1.807, 2.05) is 0 Å². The van der Waals surface area contributed by atoms with Crippen LogP contribution in [0.3, 0.4) is 0 Å². The maximum atomic E-state index is 11.6. The van der Waals surface area contributed by atoms with Gasteiger partial charge in [0.2, 0.25) is 0 Å². The van der Waals surface area contributed by atoms with Crippen molar-refractivity contribution in [2.75, 3.05) is 6.61 Å². The Labute approximate surface area is 121 Å². The van der Waals surface area contributed by atoms with E-state index >= 15 is 0 Å². The molecular formula is C11H17NaO3S. The molecule has 3 nitrogen and oxygen atoms in total. The number of benzene rings is 1. The summed E-state index contributed by atoms with van der Waals surface area (Å²) in [6, 6.07) is 8.21. The van der Waals surface area contributed by atoms with Crippen LogP contribution in [0.2, 0.25) is 0 Å². The van der Waals surface area contributed by atoms with Crippen molar-refractivity contribution in [3.8, 4) is 0 Å². The number of unbranched alkanes of at least 4 members (excludes halogenated alkanes) is 2. The van der Waals surface area contributed by atoms with Crippen molar-refractivity contribution in [1.29, 1.82) is 0 Å². The predicted molar refractivity (Wildman–Crippen MR) is 60.2 cm³/mol. The zero-order valence-corrected chi connectivity index (χ0v) is 12.7. The van der Waals surface area contributed by atoms with Crippen LogP contribution < -0.4 is 29.6 Å². The first kappa shape index (κ1) is 16.1. The molecule has 0 bridgehead atoms. The van der Waals surface area contributed by atoms with E-state index in [4.69, 9.17) is 4.18 Å². The van der Waals surface area contributed by atoms with Gasteiger partial charge >= 0.3 is 29.6 Å². The van der Waals surface area contributed by atoms with Crippen molar-refractivity contribution in [2.45, 2.75) is 31.1 Å². The van der Waals surface area contributed by atoms with Gasteiger partial charge in [0, 0.05) is 0 Å². The van der Waals surface area contributed by atoms with E-state index in [1.54, 1.807) is 18.2 Å². The minimum atomic E-state index is -3.54. The second-order valence-corrected chi connectivity index (χ2v) is 4.91. The minimum absolute atomic E-state index is 0. The van der Waals surface area contributed by atoms with Crippen LogP contribution in [-0.2, 0) is 14.3 Å². The Morgan fingerprint density at radius 3 is 2.38 bits per heavy atom. The Morgan fingerprint density at radius 1 is 1.19 bits per heavy atom. The summed E-state index contributed by atoms with van der Waals surface area (Å²) in [5.41, 5.74) is 0. The Balaban J connectivity index is 0. The molecule has 0 amide bonds. The zero-order chi connectivity index (χ0) is 11.1. The van der Waals surface area contributed by atoms with Gasteiger partial charge in [-0.15, -0.1) is 0 Å². The van der Waals surface area contributed by atoms with Gasteiger partial charge in [-0.2, -0.15) is 8.42 Å². The molecular weight excluding hydrogens is 235 g/mol. The molecule has 0 fully saturated rings. The van der Waals surface area contributed by atoms with Gasteiger partial charge < -0.3 is 1.43 Å². The third-order valence-electron chi connectivity index (χ3n) is 2.02. The summed E-state index contributed by atoms with van der Waals surface area (Å²) in [5.74, 6) is 0. The molecule has 0 unspecified atom stereocenters. The molecule has 0 atom stereocenters. The van der Waals surface area contributed by atoms with E-state index in [0.717, 1.165) is 19.3 Å². The van der Waals surface area contributed by atoms with Crippen molar-refractivity contribution >= 4 is 10.1 Å². The van der Waals surface area contributed by atoms with E-state index in [1.165, 1.54) is 12.1 Å². The molecule has 1 aromatic rings. The molecule has 16 heavy (non-hydrogen) atoms. The summed E-state index contributed by atoms with van der Waals surface area (Å²) in [7, 11) is -3.54. The summed E-state index contributed by atoms with van der Waals surface area (Å²) >= 11 is 0. The molecule has 0 aliphatic carbocycles. The molecule has 5 heteroatoms. The molecule has 0 spiro atoms. The van der Waals surface area contributed by atoms with Crippen molar-refractivity contribution in [2.24, 2.45) is 0 Å². The molecule has 1 rings (SSSR count). The van der Waals surface area contributed by atoms with Crippen LogP contribution in [0.5, 0.6) is 0 Å². The smallest absolute Gasteiger partial charge is 1.00 e. The van der Waals surface area contributed by atoms with Crippen LogP contribution in [0.4, 0.5) is 0 Å². The molecule has 0 N–H and O–H groups in total. The zero-order valence-electron chi connectivity index (χ0n) is 10.8. The maximum absolute atomic E-state index is 11.6. The van der Waals surface area contributed by atoms with E-state index in [0.29, 0.717) is 0 Å². The van der Waals surface area contributed by atoms with Gasteiger partial charge in [-0.3, -0.25) is 4.18 Å². The molecule has 0 heterocycles. The molecule has 0 aliphatic heterocycles. The monoisotopic (exact) mass is 252 g/mol. The summed E-state index contributed by atoms with van der Waals surface area (Å²) in [5, 5.41) is 0. The fourth-order valence-electron chi connectivity index (χ4n) is 1.18. The molecule has 0 radical (unpaired) electrons. The van der Waals surface area contributed by atoms with Gasteiger partial charge in [-0.1, -0.05) is 38.0 Å². The topological polar surface area (TPSA) is 43.4 Å².